The zero-order valence-electron chi connectivity index (χ0n) is 13.9. The SMILES string of the molecule is CCC(O)CN1CCN(C(=O)Cc2coc(-c3cccs3)n2)CC1. The third kappa shape index (κ3) is 4.23. The van der Waals surface area contributed by atoms with Crippen molar-refractivity contribution in [3.63, 3.8) is 0 Å². The van der Waals surface area contributed by atoms with Gasteiger partial charge in [0.05, 0.1) is 23.1 Å². The van der Waals surface area contributed by atoms with E-state index >= 15 is 0 Å². The number of hydrogen-bond donors (Lipinski definition) is 1. The summed E-state index contributed by atoms with van der Waals surface area (Å²) in [5.41, 5.74) is 0.673. The van der Waals surface area contributed by atoms with Crippen LogP contribution in [0.3, 0.4) is 0 Å². The second-order valence-corrected chi connectivity index (χ2v) is 6.99. The Kier molecular flexibility index (Phi) is 5.65. The number of amides is 1. The quantitative estimate of drug-likeness (QED) is 0.862. The molecular weight excluding hydrogens is 326 g/mol. The van der Waals surface area contributed by atoms with Crippen molar-refractivity contribution in [2.45, 2.75) is 25.9 Å². The molecule has 1 saturated heterocycles. The molecule has 3 heterocycles. The lowest BCUT2D eigenvalue weighted by atomic mass is 10.2. The number of carbonyl (C=O) groups is 1. The summed E-state index contributed by atoms with van der Waals surface area (Å²) in [7, 11) is 0. The first-order valence-corrected chi connectivity index (χ1v) is 9.20. The van der Waals surface area contributed by atoms with Gasteiger partial charge in [-0.05, 0) is 17.9 Å². The number of aromatic nitrogens is 1. The van der Waals surface area contributed by atoms with Crippen molar-refractivity contribution >= 4 is 17.2 Å². The van der Waals surface area contributed by atoms with Crippen LogP contribution in [0, 0.1) is 0 Å². The Labute approximate surface area is 145 Å². The Balaban J connectivity index is 1.49. The second-order valence-electron chi connectivity index (χ2n) is 6.04. The Morgan fingerprint density at radius 3 is 2.88 bits per heavy atom. The Morgan fingerprint density at radius 2 is 2.21 bits per heavy atom. The smallest absolute Gasteiger partial charge is 0.236 e. The fourth-order valence-corrected chi connectivity index (χ4v) is 3.43. The molecule has 2 aromatic rings. The molecule has 24 heavy (non-hydrogen) atoms. The first-order valence-electron chi connectivity index (χ1n) is 8.32. The van der Waals surface area contributed by atoms with Gasteiger partial charge in [0, 0.05) is 32.7 Å². The van der Waals surface area contributed by atoms with Gasteiger partial charge >= 0.3 is 0 Å². The predicted octanol–water partition coefficient (Wildman–Crippen LogP) is 1.86. The van der Waals surface area contributed by atoms with Crippen LogP contribution in [-0.4, -0.2) is 64.6 Å². The van der Waals surface area contributed by atoms with Gasteiger partial charge in [-0.25, -0.2) is 4.98 Å². The summed E-state index contributed by atoms with van der Waals surface area (Å²) in [5, 5.41) is 11.7. The molecule has 1 aliphatic heterocycles. The van der Waals surface area contributed by atoms with Crippen LogP contribution in [0.25, 0.3) is 10.8 Å². The lowest BCUT2D eigenvalue weighted by Gasteiger charge is -2.35. The summed E-state index contributed by atoms with van der Waals surface area (Å²) >= 11 is 1.57. The monoisotopic (exact) mass is 349 g/mol. The molecule has 6 nitrogen and oxygen atoms in total. The minimum atomic E-state index is -0.280. The molecule has 1 atom stereocenters. The first kappa shape index (κ1) is 17.1. The van der Waals surface area contributed by atoms with Gasteiger partial charge in [-0.1, -0.05) is 13.0 Å². The summed E-state index contributed by atoms with van der Waals surface area (Å²) in [6.07, 6.45) is 2.32. The first-order chi connectivity index (χ1) is 11.7. The number of carbonyl (C=O) groups excluding carboxylic acids is 1. The van der Waals surface area contributed by atoms with E-state index in [9.17, 15) is 9.90 Å². The zero-order valence-corrected chi connectivity index (χ0v) is 14.7. The molecule has 1 unspecified atom stereocenters. The van der Waals surface area contributed by atoms with Crippen LogP contribution in [0.4, 0.5) is 0 Å². The van der Waals surface area contributed by atoms with Gasteiger partial charge in [-0.3, -0.25) is 9.69 Å². The number of thiophene rings is 1. The van der Waals surface area contributed by atoms with Gasteiger partial charge in [0.15, 0.2) is 0 Å². The van der Waals surface area contributed by atoms with Crippen molar-refractivity contribution in [1.29, 1.82) is 0 Å². The number of rotatable bonds is 6. The maximum atomic E-state index is 12.4. The molecule has 0 aliphatic carbocycles. The van der Waals surface area contributed by atoms with E-state index in [0.29, 0.717) is 31.2 Å². The molecule has 7 heteroatoms. The Bertz CT molecular complexity index is 648. The fourth-order valence-electron chi connectivity index (χ4n) is 2.78. The molecule has 0 radical (unpaired) electrons. The summed E-state index contributed by atoms with van der Waals surface area (Å²) in [6, 6.07) is 3.90. The van der Waals surface area contributed by atoms with Crippen LogP contribution in [-0.2, 0) is 11.2 Å². The maximum Gasteiger partial charge on any atom is 0.236 e. The highest BCUT2D eigenvalue weighted by Gasteiger charge is 2.23. The normalized spacial score (nSPS) is 17.2. The standard InChI is InChI=1S/C17H23N3O3S/c1-2-14(21)11-19-5-7-20(8-6-19)16(22)10-13-12-23-17(18-13)15-4-3-9-24-15/h3-4,9,12,14,21H,2,5-8,10-11H2,1H3. The van der Waals surface area contributed by atoms with Gasteiger partial charge in [-0.15, -0.1) is 11.3 Å². The van der Waals surface area contributed by atoms with E-state index in [4.69, 9.17) is 4.42 Å². The van der Waals surface area contributed by atoms with E-state index in [-0.39, 0.29) is 18.4 Å². The van der Waals surface area contributed by atoms with E-state index < -0.39 is 0 Å². The molecule has 1 fully saturated rings. The maximum absolute atomic E-state index is 12.4. The van der Waals surface area contributed by atoms with Gasteiger partial charge in [0.25, 0.3) is 0 Å². The van der Waals surface area contributed by atoms with E-state index in [1.54, 1.807) is 17.6 Å². The van der Waals surface area contributed by atoms with Crippen LogP contribution in [0.1, 0.15) is 19.0 Å². The highest BCUT2D eigenvalue weighted by atomic mass is 32.1. The lowest BCUT2D eigenvalue weighted by Crippen LogP contribution is -2.50. The van der Waals surface area contributed by atoms with E-state index in [0.717, 1.165) is 24.4 Å². The van der Waals surface area contributed by atoms with Crippen molar-refractivity contribution < 1.29 is 14.3 Å². The van der Waals surface area contributed by atoms with Gasteiger partial charge < -0.3 is 14.4 Å². The van der Waals surface area contributed by atoms with Crippen molar-refractivity contribution in [3.8, 4) is 10.8 Å². The third-order valence-corrected chi connectivity index (χ3v) is 5.14. The van der Waals surface area contributed by atoms with E-state index in [2.05, 4.69) is 9.88 Å². The largest absolute Gasteiger partial charge is 0.444 e. The molecule has 0 spiro atoms. The summed E-state index contributed by atoms with van der Waals surface area (Å²) < 4.78 is 5.46. The Hall–Kier alpha value is -1.70. The molecular formula is C17H23N3O3S. The molecule has 0 saturated carbocycles. The number of oxazole rings is 1. The topological polar surface area (TPSA) is 69.8 Å². The van der Waals surface area contributed by atoms with Crippen LogP contribution >= 0.6 is 11.3 Å². The van der Waals surface area contributed by atoms with Crippen LogP contribution in [0.15, 0.2) is 28.2 Å². The van der Waals surface area contributed by atoms with E-state index in [1.165, 1.54) is 0 Å². The van der Waals surface area contributed by atoms with Crippen LogP contribution in [0.2, 0.25) is 0 Å². The minimum Gasteiger partial charge on any atom is -0.444 e. The average molecular weight is 349 g/mol. The second kappa shape index (κ2) is 7.92. The number of hydrogen-bond acceptors (Lipinski definition) is 6. The Morgan fingerprint density at radius 1 is 1.42 bits per heavy atom. The van der Waals surface area contributed by atoms with Crippen molar-refractivity contribution in [3.05, 3.63) is 29.5 Å². The van der Waals surface area contributed by atoms with Gasteiger partial charge in [0.1, 0.15) is 6.26 Å². The lowest BCUT2D eigenvalue weighted by molar-refractivity contribution is -0.132. The minimum absolute atomic E-state index is 0.0803. The average Bonchev–Trinajstić information content (AvgIpc) is 3.26. The molecule has 3 rings (SSSR count). The molecule has 1 amide bonds. The van der Waals surface area contributed by atoms with Crippen LogP contribution < -0.4 is 0 Å². The summed E-state index contributed by atoms with van der Waals surface area (Å²) in [4.78, 5) is 21.9. The van der Waals surface area contributed by atoms with Crippen molar-refractivity contribution in [2.75, 3.05) is 32.7 Å². The molecule has 0 bridgehead atoms. The van der Waals surface area contributed by atoms with Crippen molar-refractivity contribution in [2.24, 2.45) is 0 Å². The van der Waals surface area contributed by atoms with Crippen molar-refractivity contribution in [1.82, 2.24) is 14.8 Å². The fraction of sp³-hybridized carbons (Fsp3) is 0.529. The molecule has 130 valence electrons. The number of piperazine rings is 1. The molecule has 0 aromatic carbocycles. The van der Waals surface area contributed by atoms with E-state index in [1.807, 2.05) is 29.3 Å². The van der Waals surface area contributed by atoms with Gasteiger partial charge in [0.2, 0.25) is 11.8 Å². The number of aliphatic hydroxyl groups is 1. The van der Waals surface area contributed by atoms with Gasteiger partial charge in [-0.2, -0.15) is 0 Å². The molecule has 2 aromatic heterocycles. The zero-order chi connectivity index (χ0) is 16.9. The number of nitrogens with zero attached hydrogens (tertiary/aromatic N) is 3. The highest BCUT2D eigenvalue weighted by molar-refractivity contribution is 7.13. The highest BCUT2D eigenvalue weighted by Crippen LogP contribution is 2.23. The third-order valence-electron chi connectivity index (χ3n) is 4.28. The van der Waals surface area contributed by atoms with Crippen LogP contribution in [0.5, 0.6) is 0 Å². The number of β-amino-alcohol motifs (C(OH)–C–C–N with tert-alkyl or cyclic N) is 1. The number of aliphatic hydroxyl groups excluding tert-OH is 1. The summed E-state index contributed by atoms with van der Waals surface area (Å²) in [5.74, 6) is 0.655. The predicted molar refractivity (Wildman–Crippen MR) is 92.8 cm³/mol. The summed E-state index contributed by atoms with van der Waals surface area (Å²) in [6.45, 7) is 5.68. The molecule has 1 aliphatic rings. The molecule has 1 N–H and O–H groups in total.